The third-order valence-corrected chi connectivity index (χ3v) is 9.90. The van der Waals surface area contributed by atoms with Crippen molar-refractivity contribution in [3.8, 4) is 5.75 Å². The molecule has 0 saturated heterocycles. The lowest BCUT2D eigenvalue weighted by Gasteiger charge is -2.35. The lowest BCUT2D eigenvalue weighted by Crippen LogP contribution is -2.48. The maximum Gasteiger partial charge on any atom is 0.321 e. The molecular formula is C35H45ClN4O7S. The zero-order valence-electron chi connectivity index (χ0n) is 27.8. The van der Waals surface area contributed by atoms with E-state index in [1.165, 1.54) is 30.3 Å². The molecule has 11 nitrogen and oxygen atoms in total. The van der Waals surface area contributed by atoms with E-state index in [9.17, 15) is 23.1 Å². The monoisotopic (exact) mass is 700 g/mol. The Kier molecular flexibility index (Phi) is 13.1. The highest BCUT2D eigenvalue weighted by molar-refractivity contribution is 7.92. The minimum atomic E-state index is -3.99. The molecule has 260 valence electrons. The predicted molar refractivity (Wildman–Crippen MR) is 187 cm³/mol. The summed E-state index contributed by atoms with van der Waals surface area (Å²) in [6.07, 6.45) is 1.60. The molecule has 4 rings (SSSR count). The van der Waals surface area contributed by atoms with E-state index in [0.29, 0.717) is 29.5 Å². The van der Waals surface area contributed by atoms with E-state index in [-0.39, 0.29) is 53.9 Å². The molecule has 1 heterocycles. The molecule has 13 heteroatoms. The Hall–Kier alpha value is -3.84. The molecule has 3 N–H and O–H groups in total. The zero-order valence-corrected chi connectivity index (χ0v) is 29.3. The summed E-state index contributed by atoms with van der Waals surface area (Å²) in [5.74, 6) is -0.385. The van der Waals surface area contributed by atoms with Crippen LogP contribution < -0.4 is 14.8 Å². The molecule has 0 unspecified atom stereocenters. The van der Waals surface area contributed by atoms with Gasteiger partial charge in [0.2, 0.25) is 0 Å². The first-order chi connectivity index (χ1) is 22.9. The number of fused-ring (bicyclic) bond motifs is 1. The quantitative estimate of drug-likeness (QED) is 0.258. The van der Waals surface area contributed by atoms with Crippen molar-refractivity contribution in [2.75, 3.05) is 43.4 Å². The third kappa shape index (κ3) is 10.1. The molecule has 0 aromatic heterocycles. The first kappa shape index (κ1) is 37.0. The lowest BCUT2D eigenvalue weighted by molar-refractivity contribution is -0.0115. The summed E-state index contributed by atoms with van der Waals surface area (Å²) < 4.78 is 41.5. The molecule has 0 spiro atoms. The van der Waals surface area contributed by atoms with Gasteiger partial charge in [-0.3, -0.25) is 9.52 Å². The second-order valence-corrected chi connectivity index (χ2v) is 14.4. The number of hydrogen-bond acceptors (Lipinski definition) is 7. The fourth-order valence-electron chi connectivity index (χ4n) is 5.37. The number of likely N-dealkylation sites (N-methyl/N-ethyl adjacent to an activating group) is 1. The fraction of sp³-hybridized carbons (Fsp3) is 0.429. The van der Waals surface area contributed by atoms with Gasteiger partial charge in [0.05, 0.1) is 35.3 Å². The topological polar surface area (TPSA) is 138 Å². The Morgan fingerprint density at radius 1 is 1.06 bits per heavy atom. The number of sulfonamides is 1. The first-order valence-electron chi connectivity index (χ1n) is 16.1. The van der Waals surface area contributed by atoms with Gasteiger partial charge in [0.25, 0.3) is 15.9 Å². The molecular weight excluding hydrogens is 656 g/mol. The molecule has 3 amide bonds. The summed E-state index contributed by atoms with van der Waals surface area (Å²) in [7, 11) is -2.30. The van der Waals surface area contributed by atoms with E-state index in [4.69, 9.17) is 21.1 Å². The number of aliphatic hydroxyl groups is 1. The molecule has 48 heavy (non-hydrogen) atoms. The molecule has 0 fully saturated rings. The average Bonchev–Trinajstić information content (AvgIpc) is 3.06. The summed E-state index contributed by atoms with van der Waals surface area (Å²) in [6, 6.07) is 18.7. The SMILES string of the molecule is C[C@@H]1CN([C@H](C)CO)C(=O)c2cc(NS(=O)(=O)c3ccc(Cl)cc3)ccc2O[C@@H](C)CCCCO[C@H]1CN(C)C(=O)Nc1ccccc1. The Morgan fingerprint density at radius 3 is 2.46 bits per heavy atom. The number of aliphatic hydroxyl groups excluding tert-OH is 1. The number of urea groups is 1. The van der Waals surface area contributed by atoms with Crippen LogP contribution in [0.25, 0.3) is 0 Å². The van der Waals surface area contributed by atoms with Crippen LogP contribution >= 0.6 is 11.6 Å². The van der Waals surface area contributed by atoms with Gasteiger partial charge < -0.3 is 29.7 Å². The van der Waals surface area contributed by atoms with Crippen LogP contribution in [0.15, 0.2) is 77.7 Å². The molecule has 0 saturated carbocycles. The number of hydrogen-bond donors (Lipinski definition) is 3. The van der Waals surface area contributed by atoms with Crippen LogP contribution in [-0.4, -0.2) is 86.9 Å². The van der Waals surface area contributed by atoms with Gasteiger partial charge in [-0.15, -0.1) is 0 Å². The number of halogens is 1. The molecule has 0 bridgehead atoms. The number of para-hydroxylation sites is 1. The summed E-state index contributed by atoms with van der Waals surface area (Å²) >= 11 is 5.95. The lowest BCUT2D eigenvalue weighted by atomic mass is 10.0. The molecule has 4 atom stereocenters. The maximum atomic E-state index is 14.4. The highest BCUT2D eigenvalue weighted by Gasteiger charge is 2.31. The minimum Gasteiger partial charge on any atom is -0.490 e. The van der Waals surface area contributed by atoms with Crippen LogP contribution in [0, 0.1) is 5.92 Å². The van der Waals surface area contributed by atoms with Crippen LogP contribution in [0.5, 0.6) is 5.75 Å². The van der Waals surface area contributed by atoms with Crippen LogP contribution in [0.3, 0.4) is 0 Å². The largest absolute Gasteiger partial charge is 0.490 e. The predicted octanol–water partition coefficient (Wildman–Crippen LogP) is 6.10. The minimum absolute atomic E-state index is 0.0148. The van der Waals surface area contributed by atoms with E-state index < -0.39 is 28.1 Å². The van der Waals surface area contributed by atoms with Gasteiger partial charge in [0, 0.05) is 49.1 Å². The number of rotatable bonds is 8. The van der Waals surface area contributed by atoms with Gasteiger partial charge in [-0.1, -0.05) is 36.7 Å². The molecule has 1 aliphatic heterocycles. The molecule has 0 aliphatic carbocycles. The van der Waals surface area contributed by atoms with Crippen molar-refractivity contribution < 1.29 is 32.6 Å². The van der Waals surface area contributed by atoms with Gasteiger partial charge in [-0.25, -0.2) is 13.2 Å². The van der Waals surface area contributed by atoms with Gasteiger partial charge in [0.1, 0.15) is 5.75 Å². The fourth-order valence-corrected chi connectivity index (χ4v) is 6.55. The highest BCUT2D eigenvalue weighted by Crippen LogP contribution is 2.30. The van der Waals surface area contributed by atoms with Crippen LogP contribution in [0.4, 0.5) is 16.2 Å². The second kappa shape index (κ2) is 17.0. The number of nitrogens with one attached hydrogen (secondary N) is 2. The van der Waals surface area contributed by atoms with Gasteiger partial charge in [0.15, 0.2) is 0 Å². The van der Waals surface area contributed by atoms with E-state index >= 15 is 0 Å². The summed E-state index contributed by atoms with van der Waals surface area (Å²) in [5.41, 5.74) is 0.999. The smallest absolute Gasteiger partial charge is 0.321 e. The van der Waals surface area contributed by atoms with Gasteiger partial charge in [-0.05, 0) is 87.7 Å². The van der Waals surface area contributed by atoms with Crippen molar-refractivity contribution in [2.45, 2.75) is 63.2 Å². The number of anilines is 2. The number of benzene rings is 3. The van der Waals surface area contributed by atoms with Crippen molar-refractivity contribution in [2.24, 2.45) is 5.92 Å². The average molecular weight is 701 g/mol. The molecule has 0 radical (unpaired) electrons. The summed E-state index contributed by atoms with van der Waals surface area (Å²) in [4.78, 5) is 30.5. The Morgan fingerprint density at radius 2 is 1.77 bits per heavy atom. The summed E-state index contributed by atoms with van der Waals surface area (Å²) in [6.45, 7) is 6.21. The molecule has 3 aromatic carbocycles. The van der Waals surface area contributed by atoms with Crippen molar-refractivity contribution in [3.05, 3.63) is 83.4 Å². The number of nitrogens with zero attached hydrogens (tertiary/aromatic N) is 2. The number of carbonyl (C=O) groups is 2. The zero-order chi connectivity index (χ0) is 34.8. The maximum absolute atomic E-state index is 14.4. The van der Waals surface area contributed by atoms with E-state index in [1.807, 2.05) is 44.2 Å². The van der Waals surface area contributed by atoms with Crippen LogP contribution in [-0.2, 0) is 14.8 Å². The summed E-state index contributed by atoms with van der Waals surface area (Å²) in [5, 5.41) is 13.5. The van der Waals surface area contributed by atoms with Crippen LogP contribution in [0.1, 0.15) is 50.4 Å². The normalized spacial score (nSPS) is 20.1. The number of ether oxygens (including phenoxy) is 2. The van der Waals surface area contributed by atoms with Gasteiger partial charge in [-0.2, -0.15) is 0 Å². The van der Waals surface area contributed by atoms with E-state index in [0.717, 1.165) is 12.8 Å². The Labute approximate surface area is 288 Å². The standard InChI is InChI=1S/C35H45ClN4O7S/c1-24-21-40(25(2)23-41)34(42)31-20-29(38-48(44,45)30-16-13-27(36)14-17-30)15-18-32(31)47-26(3)10-8-9-19-46-33(24)22-39(4)35(43)37-28-11-6-5-7-12-28/h5-7,11-18,20,24-26,33,38,41H,8-10,19,21-23H2,1-4H3,(H,37,43)/t24-,25-,26+,33+/m1/s1. The van der Waals surface area contributed by atoms with Crippen molar-refractivity contribution in [3.63, 3.8) is 0 Å². The van der Waals surface area contributed by atoms with E-state index in [2.05, 4.69) is 10.0 Å². The third-order valence-electron chi connectivity index (χ3n) is 8.25. The molecule has 1 aliphatic rings. The number of carbonyl (C=O) groups excluding carboxylic acids is 2. The molecule has 3 aromatic rings. The highest BCUT2D eigenvalue weighted by atomic mass is 35.5. The second-order valence-electron chi connectivity index (χ2n) is 12.2. The van der Waals surface area contributed by atoms with Crippen molar-refractivity contribution in [1.82, 2.24) is 9.80 Å². The first-order valence-corrected chi connectivity index (χ1v) is 17.9. The Bertz CT molecular complexity index is 1630. The van der Waals surface area contributed by atoms with E-state index in [1.54, 1.807) is 35.9 Å². The Balaban J connectivity index is 1.63. The van der Waals surface area contributed by atoms with Crippen LogP contribution in [0.2, 0.25) is 5.02 Å². The number of amides is 3. The van der Waals surface area contributed by atoms with Gasteiger partial charge >= 0.3 is 6.03 Å². The van der Waals surface area contributed by atoms with Crippen molar-refractivity contribution >= 4 is 44.9 Å². The van der Waals surface area contributed by atoms with Crippen molar-refractivity contribution in [1.29, 1.82) is 0 Å².